The zero-order valence-electron chi connectivity index (χ0n) is 10.8. The second kappa shape index (κ2) is 5.95. The van der Waals surface area contributed by atoms with Gasteiger partial charge >= 0.3 is 0 Å². The fourth-order valence-electron chi connectivity index (χ4n) is 2.60. The van der Waals surface area contributed by atoms with Gasteiger partial charge in [0.2, 0.25) is 5.91 Å². The van der Waals surface area contributed by atoms with E-state index in [-0.39, 0.29) is 11.8 Å². The van der Waals surface area contributed by atoms with Crippen molar-refractivity contribution in [1.82, 2.24) is 20.1 Å². The van der Waals surface area contributed by atoms with Gasteiger partial charge < -0.3 is 15.6 Å². The first-order chi connectivity index (χ1) is 8.72. The van der Waals surface area contributed by atoms with Gasteiger partial charge in [-0.05, 0) is 25.3 Å². The van der Waals surface area contributed by atoms with Crippen LogP contribution in [0.4, 0.5) is 0 Å². The summed E-state index contributed by atoms with van der Waals surface area (Å²) in [7, 11) is 1.87. The van der Waals surface area contributed by atoms with Gasteiger partial charge in [-0.1, -0.05) is 12.8 Å². The van der Waals surface area contributed by atoms with Crippen molar-refractivity contribution in [3.8, 4) is 0 Å². The number of carbonyl (C=O) groups excluding carboxylic acids is 1. The standard InChI is InChI=1S/C12H21N5O/c1-17-8-15-16-11(17)7-14-12(18)10-5-3-2-4-9(10)6-13/h8-10H,2-7,13H2,1H3,(H,14,18). The van der Waals surface area contributed by atoms with Crippen LogP contribution in [-0.2, 0) is 18.4 Å². The molecule has 6 heteroatoms. The Hall–Kier alpha value is -1.43. The highest BCUT2D eigenvalue weighted by atomic mass is 16.1. The molecule has 0 aliphatic heterocycles. The van der Waals surface area contributed by atoms with Gasteiger partial charge in [0, 0.05) is 13.0 Å². The lowest BCUT2D eigenvalue weighted by molar-refractivity contribution is -0.127. The number of nitrogens with zero attached hydrogens (tertiary/aromatic N) is 3. The Bertz CT molecular complexity index is 403. The summed E-state index contributed by atoms with van der Waals surface area (Å²) in [6.07, 6.45) is 5.96. The van der Waals surface area contributed by atoms with Crippen LogP contribution in [0.3, 0.4) is 0 Å². The molecule has 1 aromatic heterocycles. The molecule has 0 radical (unpaired) electrons. The first-order valence-electron chi connectivity index (χ1n) is 6.53. The van der Waals surface area contributed by atoms with Crippen LogP contribution >= 0.6 is 0 Å². The second-order valence-electron chi connectivity index (χ2n) is 4.96. The molecule has 1 aromatic rings. The van der Waals surface area contributed by atoms with Crippen LogP contribution in [-0.4, -0.2) is 27.2 Å². The van der Waals surface area contributed by atoms with Gasteiger partial charge in [-0.15, -0.1) is 10.2 Å². The maximum Gasteiger partial charge on any atom is 0.223 e. The largest absolute Gasteiger partial charge is 0.349 e. The number of hydrogen-bond donors (Lipinski definition) is 2. The van der Waals surface area contributed by atoms with E-state index in [0.29, 0.717) is 19.0 Å². The van der Waals surface area contributed by atoms with Crippen molar-refractivity contribution >= 4 is 5.91 Å². The van der Waals surface area contributed by atoms with E-state index in [0.717, 1.165) is 25.1 Å². The summed E-state index contributed by atoms with van der Waals surface area (Å²) in [6, 6.07) is 0. The minimum atomic E-state index is 0.0666. The monoisotopic (exact) mass is 251 g/mol. The SMILES string of the molecule is Cn1cnnc1CNC(=O)C1CCCCC1CN. The van der Waals surface area contributed by atoms with E-state index in [9.17, 15) is 4.79 Å². The lowest BCUT2D eigenvalue weighted by Crippen LogP contribution is -2.39. The molecule has 0 saturated heterocycles. The summed E-state index contributed by atoms with van der Waals surface area (Å²) in [5, 5.41) is 10.7. The van der Waals surface area contributed by atoms with Crippen molar-refractivity contribution in [2.24, 2.45) is 24.6 Å². The Balaban J connectivity index is 1.89. The van der Waals surface area contributed by atoms with E-state index in [1.54, 1.807) is 6.33 Å². The van der Waals surface area contributed by atoms with E-state index >= 15 is 0 Å². The zero-order chi connectivity index (χ0) is 13.0. The van der Waals surface area contributed by atoms with Gasteiger partial charge in [-0.2, -0.15) is 0 Å². The zero-order valence-corrected chi connectivity index (χ0v) is 10.8. The van der Waals surface area contributed by atoms with Crippen LogP contribution < -0.4 is 11.1 Å². The Labute approximate surface area is 107 Å². The molecular weight excluding hydrogens is 230 g/mol. The number of aryl methyl sites for hydroxylation is 1. The van der Waals surface area contributed by atoms with Crippen molar-refractivity contribution < 1.29 is 4.79 Å². The molecule has 0 spiro atoms. The van der Waals surface area contributed by atoms with E-state index in [4.69, 9.17) is 5.73 Å². The van der Waals surface area contributed by atoms with Crippen molar-refractivity contribution in [2.45, 2.75) is 32.2 Å². The molecule has 1 aliphatic carbocycles. The normalized spacial score (nSPS) is 23.9. The molecule has 6 nitrogen and oxygen atoms in total. The lowest BCUT2D eigenvalue weighted by atomic mass is 9.79. The second-order valence-corrected chi connectivity index (χ2v) is 4.96. The summed E-state index contributed by atoms with van der Waals surface area (Å²) in [6.45, 7) is 1.03. The third-order valence-electron chi connectivity index (χ3n) is 3.77. The minimum Gasteiger partial charge on any atom is -0.349 e. The molecule has 18 heavy (non-hydrogen) atoms. The molecule has 0 bridgehead atoms. The molecule has 2 atom stereocenters. The minimum absolute atomic E-state index is 0.0666. The first-order valence-corrected chi connectivity index (χ1v) is 6.53. The summed E-state index contributed by atoms with van der Waals surface area (Å²) in [5.41, 5.74) is 5.74. The van der Waals surface area contributed by atoms with Crippen LogP contribution in [0.1, 0.15) is 31.5 Å². The predicted molar refractivity (Wildman–Crippen MR) is 67.4 cm³/mol. The van der Waals surface area contributed by atoms with Crippen LogP contribution in [0.2, 0.25) is 0 Å². The van der Waals surface area contributed by atoms with Gasteiger partial charge in [0.1, 0.15) is 6.33 Å². The average Bonchev–Trinajstić information content (AvgIpc) is 2.81. The third kappa shape index (κ3) is 2.87. The summed E-state index contributed by atoms with van der Waals surface area (Å²) in [4.78, 5) is 12.1. The van der Waals surface area contributed by atoms with Crippen molar-refractivity contribution in [3.05, 3.63) is 12.2 Å². The van der Waals surface area contributed by atoms with Crippen LogP contribution in [0.5, 0.6) is 0 Å². The summed E-state index contributed by atoms with van der Waals surface area (Å²) >= 11 is 0. The number of nitrogens with two attached hydrogens (primary N) is 1. The van der Waals surface area contributed by atoms with E-state index in [1.165, 1.54) is 6.42 Å². The van der Waals surface area contributed by atoms with Crippen LogP contribution in [0.15, 0.2) is 6.33 Å². The van der Waals surface area contributed by atoms with Crippen molar-refractivity contribution in [3.63, 3.8) is 0 Å². The topological polar surface area (TPSA) is 85.8 Å². The quantitative estimate of drug-likeness (QED) is 0.800. The molecule has 1 fully saturated rings. The van der Waals surface area contributed by atoms with Gasteiger partial charge in [0.25, 0.3) is 0 Å². The first kappa shape index (κ1) is 13.0. The number of carbonyl (C=O) groups is 1. The van der Waals surface area contributed by atoms with E-state index < -0.39 is 0 Å². The van der Waals surface area contributed by atoms with Crippen LogP contribution in [0.25, 0.3) is 0 Å². The Morgan fingerprint density at radius 3 is 3.00 bits per heavy atom. The van der Waals surface area contributed by atoms with E-state index in [2.05, 4.69) is 15.5 Å². The van der Waals surface area contributed by atoms with Gasteiger partial charge in [-0.25, -0.2) is 0 Å². The smallest absolute Gasteiger partial charge is 0.223 e. The highest BCUT2D eigenvalue weighted by Crippen LogP contribution is 2.29. The molecular formula is C12H21N5O. The molecule has 0 aromatic carbocycles. The van der Waals surface area contributed by atoms with Crippen molar-refractivity contribution in [2.75, 3.05) is 6.54 Å². The van der Waals surface area contributed by atoms with Gasteiger partial charge in [0.05, 0.1) is 6.54 Å². The highest BCUT2D eigenvalue weighted by molar-refractivity contribution is 5.79. The fourth-order valence-corrected chi connectivity index (χ4v) is 2.60. The van der Waals surface area contributed by atoms with Gasteiger partial charge in [-0.3, -0.25) is 4.79 Å². The van der Waals surface area contributed by atoms with Crippen LogP contribution in [0, 0.1) is 11.8 Å². The maximum atomic E-state index is 12.1. The number of amides is 1. The van der Waals surface area contributed by atoms with E-state index in [1.807, 2.05) is 11.6 Å². The molecule has 2 rings (SSSR count). The number of aromatic nitrogens is 3. The molecule has 1 heterocycles. The fraction of sp³-hybridized carbons (Fsp3) is 0.750. The molecule has 1 aliphatic rings. The van der Waals surface area contributed by atoms with Crippen molar-refractivity contribution in [1.29, 1.82) is 0 Å². The Morgan fingerprint density at radius 2 is 2.33 bits per heavy atom. The molecule has 1 saturated carbocycles. The average molecular weight is 251 g/mol. The maximum absolute atomic E-state index is 12.1. The number of hydrogen-bond acceptors (Lipinski definition) is 4. The molecule has 3 N–H and O–H groups in total. The predicted octanol–water partition coefficient (Wildman–Crippen LogP) is 0.196. The summed E-state index contributed by atoms with van der Waals surface area (Å²) < 4.78 is 1.81. The number of rotatable bonds is 4. The molecule has 2 unspecified atom stereocenters. The summed E-state index contributed by atoms with van der Waals surface area (Å²) in [5.74, 6) is 1.27. The highest BCUT2D eigenvalue weighted by Gasteiger charge is 2.29. The third-order valence-corrected chi connectivity index (χ3v) is 3.77. The molecule has 1 amide bonds. The Morgan fingerprint density at radius 1 is 1.56 bits per heavy atom. The molecule has 100 valence electrons. The van der Waals surface area contributed by atoms with Gasteiger partial charge in [0.15, 0.2) is 5.82 Å². The number of nitrogens with one attached hydrogen (secondary N) is 1. The Kier molecular flexibility index (Phi) is 4.30. The lowest BCUT2D eigenvalue weighted by Gasteiger charge is -2.29.